The molecule has 0 saturated carbocycles. The second kappa shape index (κ2) is 4.46. The number of nitrogens with two attached hydrogens (primary N) is 1. The zero-order valence-corrected chi connectivity index (χ0v) is 8.39. The normalized spacial score (nSPS) is 10.2. The molecule has 0 aliphatic heterocycles. The Bertz CT molecular complexity index is 302. The van der Waals surface area contributed by atoms with Gasteiger partial charge < -0.3 is 4.74 Å². The standard InChI is InChI=1S/C9H12ClNO2/c1-6-7(5-13-11)9(12-2)4-3-8(6)10/h3-4H,5,11H2,1-2H3. The molecule has 0 spiro atoms. The summed E-state index contributed by atoms with van der Waals surface area (Å²) in [5, 5.41) is 0.688. The number of hydrogen-bond acceptors (Lipinski definition) is 3. The van der Waals surface area contributed by atoms with Crippen molar-refractivity contribution in [2.75, 3.05) is 7.11 Å². The number of hydrogen-bond donors (Lipinski definition) is 1. The Kier molecular flexibility index (Phi) is 3.54. The van der Waals surface area contributed by atoms with Gasteiger partial charge in [0.1, 0.15) is 5.75 Å². The molecule has 0 aliphatic rings. The molecule has 0 bridgehead atoms. The zero-order valence-electron chi connectivity index (χ0n) is 7.63. The lowest BCUT2D eigenvalue weighted by Crippen LogP contribution is -2.03. The van der Waals surface area contributed by atoms with Crippen LogP contribution in [0, 0.1) is 6.92 Å². The summed E-state index contributed by atoms with van der Waals surface area (Å²) in [6, 6.07) is 3.58. The van der Waals surface area contributed by atoms with Crippen LogP contribution < -0.4 is 10.6 Å². The molecule has 0 fully saturated rings. The van der Waals surface area contributed by atoms with Crippen molar-refractivity contribution in [2.24, 2.45) is 5.90 Å². The molecule has 1 rings (SSSR count). The molecule has 0 aromatic heterocycles. The van der Waals surface area contributed by atoms with E-state index in [1.54, 1.807) is 19.2 Å². The molecule has 0 radical (unpaired) electrons. The first kappa shape index (κ1) is 10.3. The summed E-state index contributed by atoms with van der Waals surface area (Å²) >= 11 is 5.93. The fourth-order valence-electron chi connectivity index (χ4n) is 1.16. The number of halogens is 1. The van der Waals surface area contributed by atoms with Crippen LogP contribution in [0.2, 0.25) is 5.02 Å². The molecule has 0 unspecified atom stereocenters. The molecular weight excluding hydrogens is 190 g/mol. The summed E-state index contributed by atoms with van der Waals surface area (Å²) in [5.41, 5.74) is 1.82. The number of benzene rings is 1. The van der Waals surface area contributed by atoms with Crippen LogP contribution in [0.5, 0.6) is 5.75 Å². The highest BCUT2D eigenvalue weighted by Gasteiger charge is 2.08. The summed E-state index contributed by atoms with van der Waals surface area (Å²) in [6.45, 7) is 2.20. The van der Waals surface area contributed by atoms with Gasteiger partial charge in [-0.1, -0.05) is 11.6 Å². The van der Waals surface area contributed by atoms with E-state index in [-0.39, 0.29) is 0 Å². The molecule has 0 atom stereocenters. The van der Waals surface area contributed by atoms with Gasteiger partial charge >= 0.3 is 0 Å². The molecule has 0 heterocycles. The molecule has 0 aliphatic carbocycles. The Morgan fingerprint density at radius 2 is 2.15 bits per heavy atom. The third kappa shape index (κ3) is 2.12. The summed E-state index contributed by atoms with van der Waals surface area (Å²) in [6.07, 6.45) is 0. The maximum absolute atomic E-state index is 5.93. The van der Waals surface area contributed by atoms with Gasteiger partial charge in [-0.3, -0.25) is 4.84 Å². The molecule has 72 valence electrons. The monoisotopic (exact) mass is 201 g/mol. The van der Waals surface area contributed by atoms with Crippen molar-refractivity contribution in [1.82, 2.24) is 0 Å². The van der Waals surface area contributed by atoms with Crippen molar-refractivity contribution in [1.29, 1.82) is 0 Å². The lowest BCUT2D eigenvalue weighted by atomic mass is 10.1. The average Bonchev–Trinajstić information content (AvgIpc) is 2.14. The molecule has 1 aromatic rings. The minimum absolute atomic E-state index is 0.301. The van der Waals surface area contributed by atoms with Gasteiger partial charge in [0.15, 0.2) is 0 Å². The summed E-state index contributed by atoms with van der Waals surface area (Å²) < 4.78 is 5.14. The molecular formula is C9H12ClNO2. The predicted molar refractivity (Wildman–Crippen MR) is 51.7 cm³/mol. The van der Waals surface area contributed by atoms with Crippen molar-refractivity contribution in [3.8, 4) is 5.75 Å². The maximum Gasteiger partial charge on any atom is 0.124 e. The van der Waals surface area contributed by atoms with Gasteiger partial charge in [-0.25, -0.2) is 5.90 Å². The van der Waals surface area contributed by atoms with Crippen molar-refractivity contribution < 1.29 is 9.57 Å². The lowest BCUT2D eigenvalue weighted by Gasteiger charge is -2.11. The van der Waals surface area contributed by atoms with E-state index in [1.807, 2.05) is 6.92 Å². The van der Waals surface area contributed by atoms with Crippen molar-refractivity contribution in [3.63, 3.8) is 0 Å². The fraction of sp³-hybridized carbons (Fsp3) is 0.333. The van der Waals surface area contributed by atoms with Crippen molar-refractivity contribution >= 4 is 11.6 Å². The highest BCUT2D eigenvalue weighted by atomic mass is 35.5. The highest BCUT2D eigenvalue weighted by molar-refractivity contribution is 6.31. The molecule has 13 heavy (non-hydrogen) atoms. The van der Waals surface area contributed by atoms with Gasteiger partial charge in [-0.2, -0.15) is 0 Å². The van der Waals surface area contributed by atoms with Crippen LogP contribution in [-0.4, -0.2) is 7.11 Å². The highest BCUT2D eigenvalue weighted by Crippen LogP contribution is 2.28. The second-order valence-electron chi connectivity index (χ2n) is 2.66. The summed E-state index contributed by atoms with van der Waals surface area (Å²) in [4.78, 5) is 4.57. The molecule has 1 aromatic carbocycles. The Balaban J connectivity index is 3.15. The van der Waals surface area contributed by atoms with Gasteiger partial charge in [0.2, 0.25) is 0 Å². The minimum atomic E-state index is 0.301. The van der Waals surface area contributed by atoms with Crippen LogP contribution >= 0.6 is 11.6 Å². The Morgan fingerprint density at radius 3 is 2.69 bits per heavy atom. The minimum Gasteiger partial charge on any atom is -0.496 e. The van der Waals surface area contributed by atoms with Crippen LogP contribution in [0.25, 0.3) is 0 Å². The van der Waals surface area contributed by atoms with Gasteiger partial charge in [-0.05, 0) is 24.6 Å². The fourth-order valence-corrected chi connectivity index (χ4v) is 1.33. The molecule has 3 nitrogen and oxygen atoms in total. The largest absolute Gasteiger partial charge is 0.496 e. The Hall–Kier alpha value is -0.770. The predicted octanol–water partition coefficient (Wildman–Crippen LogP) is 2.05. The molecule has 4 heteroatoms. The van der Waals surface area contributed by atoms with Crippen LogP contribution in [0.15, 0.2) is 12.1 Å². The second-order valence-corrected chi connectivity index (χ2v) is 3.07. The van der Waals surface area contributed by atoms with Gasteiger partial charge in [0.05, 0.1) is 13.7 Å². The SMILES string of the molecule is COc1ccc(Cl)c(C)c1CON. The first-order valence-electron chi connectivity index (χ1n) is 3.84. The first-order valence-corrected chi connectivity index (χ1v) is 4.22. The smallest absolute Gasteiger partial charge is 0.124 e. The summed E-state index contributed by atoms with van der Waals surface area (Å²) in [7, 11) is 1.60. The van der Waals surface area contributed by atoms with E-state index in [0.29, 0.717) is 11.6 Å². The first-order chi connectivity index (χ1) is 6.20. The van der Waals surface area contributed by atoms with E-state index in [4.69, 9.17) is 22.2 Å². The van der Waals surface area contributed by atoms with Crippen LogP contribution in [-0.2, 0) is 11.4 Å². The van der Waals surface area contributed by atoms with Crippen LogP contribution in [0.3, 0.4) is 0 Å². The van der Waals surface area contributed by atoms with Crippen molar-refractivity contribution in [2.45, 2.75) is 13.5 Å². The Morgan fingerprint density at radius 1 is 1.46 bits per heavy atom. The summed E-state index contributed by atoms with van der Waals surface area (Å²) in [5.74, 6) is 5.75. The molecule has 0 amide bonds. The maximum atomic E-state index is 5.93. The van der Waals surface area contributed by atoms with E-state index in [1.165, 1.54) is 0 Å². The average molecular weight is 202 g/mol. The van der Waals surface area contributed by atoms with E-state index < -0.39 is 0 Å². The van der Waals surface area contributed by atoms with Gasteiger partial charge in [0, 0.05) is 10.6 Å². The third-order valence-corrected chi connectivity index (χ3v) is 2.35. The van der Waals surface area contributed by atoms with E-state index >= 15 is 0 Å². The lowest BCUT2D eigenvalue weighted by molar-refractivity contribution is 0.121. The number of methoxy groups -OCH3 is 1. The van der Waals surface area contributed by atoms with Crippen LogP contribution in [0.1, 0.15) is 11.1 Å². The Labute approximate surface area is 82.4 Å². The zero-order chi connectivity index (χ0) is 9.84. The number of ether oxygens (including phenoxy) is 1. The van der Waals surface area contributed by atoms with Gasteiger partial charge in [0.25, 0.3) is 0 Å². The quantitative estimate of drug-likeness (QED) is 0.762. The van der Waals surface area contributed by atoms with Crippen molar-refractivity contribution in [3.05, 3.63) is 28.3 Å². The van der Waals surface area contributed by atoms with Crippen LogP contribution in [0.4, 0.5) is 0 Å². The van der Waals surface area contributed by atoms with E-state index in [9.17, 15) is 0 Å². The molecule has 2 N–H and O–H groups in total. The topological polar surface area (TPSA) is 44.5 Å². The third-order valence-electron chi connectivity index (χ3n) is 1.94. The number of rotatable bonds is 3. The van der Waals surface area contributed by atoms with Gasteiger partial charge in [-0.15, -0.1) is 0 Å². The van der Waals surface area contributed by atoms with E-state index in [0.717, 1.165) is 16.9 Å². The van der Waals surface area contributed by atoms with E-state index in [2.05, 4.69) is 4.84 Å². The molecule has 0 saturated heterocycles.